The number of amides is 1. The van der Waals surface area contributed by atoms with Gasteiger partial charge in [-0.3, -0.25) is 4.79 Å². The Hall–Kier alpha value is -1.95. The van der Waals surface area contributed by atoms with Gasteiger partial charge in [-0.15, -0.1) is 11.3 Å². The number of alkyl halides is 3. The van der Waals surface area contributed by atoms with Crippen LogP contribution in [0.2, 0.25) is 0 Å². The van der Waals surface area contributed by atoms with E-state index in [0.717, 1.165) is 47.5 Å². The Balaban J connectivity index is 1.52. The molecule has 11 heteroatoms. The van der Waals surface area contributed by atoms with Crippen molar-refractivity contribution in [2.45, 2.75) is 49.3 Å². The number of hydrogen-bond acceptors (Lipinski definition) is 5. The van der Waals surface area contributed by atoms with Gasteiger partial charge in [0.05, 0.1) is 5.56 Å². The summed E-state index contributed by atoms with van der Waals surface area (Å²) in [4.78, 5) is 12.7. The number of nitrogens with one attached hydrogen (secondary N) is 2. The highest BCUT2D eigenvalue weighted by Gasteiger charge is 2.38. The molecule has 2 aliphatic heterocycles. The third kappa shape index (κ3) is 4.70. The molecular formula is C21H24F3N3O3S2. The third-order valence-electron chi connectivity index (χ3n) is 5.91. The monoisotopic (exact) mass is 487 g/mol. The number of hydrogen-bond donors (Lipinski definition) is 2. The van der Waals surface area contributed by atoms with Gasteiger partial charge in [-0.2, -0.15) is 17.5 Å². The molecular weight excluding hydrogens is 463 g/mol. The first-order chi connectivity index (χ1) is 15.2. The SMILES string of the molecule is O=C(NC[C@H]1CCCCN1)c1sccc1S(=O)(=O)N1CCc2c(cccc2C(F)(F)F)C1. The molecule has 0 aliphatic carbocycles. The van der Waals surface area contributed by atoms with Crippen molar-refractivity contribution in [2.75, 3.05) is 19.6 Å². The molecule has 2 aliphatic rings. The average molecular weight is 488 g/mol. The maximum atomic E-state index is 13.3. The fraction of sp³-hybridized carbons (Fsp3) is 0.476. The van der Waals surface area contributed by atoms with Crippen molar-refractivity contribution < 1.29 is 26.4 Å². The van der Waals surface area contributed by atoms with Gasteiger partial charge in [-0.05, 0) is 54.4 Å². The standard InChI is InChI=1S/C21H24F3N3O3S2/c22-21(23,24)17-6-3-4-14-13-27(10-7-16(14)17)32(29,30)18-8-11-31-19(18)20(28)26-12-15-5-1-2-9-25-15/h3-4,6,8,11,15,25H,1-2,5,7,9-10,12-13H2,(H,26,28)/t15-/m1/s1. The van der Waals surface area contributed by atoms with Gasteiger partial charge >= 0.3 is 6.18 Å². The molecule has 4 rings (SSSR count). The largest absolute Gasteiger partial charge is 0.416 e. The molecule has 0 unspecified atom stereocenters. The molecule has 1 aromatic heterocycles. The lowest BCUT2D eigenvalue weighted by molar-refractivity contribution is -0.138. The lowest BCUT2D eigenvalue weighted by atomic mass is 9.95. The number of nitrogens with zero attached hydrogens (tertiary/aromatic N) is 1. The second-order valence-corrected chi connectivity index (χ2v) is 10.8. The quantitative estimate of drug-likeness (QED) is 0.678. The smallest absolute Gasteiger partial charge is 0.350 e. The lowest BCUT2D eigenvalue weighted by Gasteiger charge is -2.30. The lowest BCUT2D eigenvalue weighted by Crippen LogP contribution is -2.43. The second kappa shape index (κ2) is 9.12. The van der Waals surface area contributed by atoms with Crippen molar-refractivity contribution in [3.05, 3.63) is 51.2 Å². The highest BCUT2D eigenvalue weighted by atomic mass is 32.2. The number of fused-ring (bicyclic) bond motifs is 1. The number of piperidine rings is 1. The Labute approximate surface area is 188 Å². The predicted octanol–water partition coefficient (Wildman–Crippen LogP) is 3.39. The van der Waals surface area contributed by atoms with E-state index in [1.165, 1.54) is 18.2 Å². The molecule has 2 N–H and O–H groups in total. The van der Waals surface area contributed by atoms with Crippen LogP contribution in [0.3, 0.4) is 0 Å². The summed E-state index contributed by atoms with van der Waals surface area (Å²) < 4.78 is 67.6. The van der Waals surface area contributed by atoms with Crippen molar-refractivity contribution in [1.82, 2.24) is 14.9 Å². The van der Waals surface area contributed by atoms with Gasteiger partial charge in [0.25, 0.3) is 5.91 Å². The van der Waals surface area contributed by atoms with E-state index in [2.05, 4.69) is 10.6 Å². The number of carbonyl (C=O) groups excluding carboxylic acids is 1. The molecule has 0 saturated carbocycles. The zero-order valence-corrected chi connectivity index (χ0v) is 18.9. The van der Waals surface area contributed by atoms with Crippen LogP contribution in [0.25, 0.3) is 0 Å². The minimum atomic E-state index is -4.49. The molecule has 2 aromatic rings. The topological polar surface area (TPSA) is 78.5 Å². The first-order valence-electron chi connectivity index (χ1n) is 10.4. The van der Waals surface area contributed by atoms with Gasteiger partial charge in [0.1, 0.15) is 9.77 Å². The van der Waals surface area contributed by atoms with Gasteiger partial charge in [0.15, 0.2) is 0 Å². The van der Waals surface area contributed by atoms with Crippen LogP contribution in [0.4, 0.5) is 13.2 Å². The van der Waals surface area contributed by atoms with Gasteiger partial charge in [0, 0.05) is 25.7 Å². The summed E-state index contributed by atoms with van der Waals surface area (Å²) in [6.07, 6.45) is -1.40. The minimum Gasteiger partial charge on any atom is -0.350 e. The molecule has 6 nitrogen and oxygen atoms in total. The van der Waals surface area contributed by atoms with E-state index in [1.807, 2.05) is 0 Å². The molecule has 32 heavy (non-hydrogen) atoms. The van der Waals surface area contributed by atoms with Crippen molar-refractivity contribution in [2.24, 2.45) is 0 Å². The van der Waals surface area contributed by atoms with Gasteiger partial charge < -0.3 is 10.6 Å². The van der Waals surface area contributed by atoms with Gasteiger partial charge in [0.2, 0.25) is 10.0 Å². The minimum absolute atomic E-state index is 0.0384. The average Bonchev–Trinajstić information content (AvgIpc) is 3.28. The molecule has 1 aromatic carbocycles. The normalized spacial score (nSPS) is 20.0. The van der Waals surface area contributed by atoms with E-state index in [4.69, 9.17) is 0 Å². The summed E-state index contributed by atoms with van der Waals surface area (Å²) in [6.45, 7) is 1.06. The van der Waals surface area contributed by atoms with E-state index in [1.54, 1.807) is 5.38 Å². The summed E-state index contributed by atoms with van der Waals surface area (Å²) in [6, 6.07) is 5.38. The molecule has 1 atom stereocenters. The van der Waals surface area contributed by atoms with Crippen molar-refractivity contribution in [3.63, 3.8) is 0 Å². The molecule has 1 fully saturated rings. The van der Waals surface area contributed by atoms with Crippen molar-refractivity contribution in [3.8, 4) is 0 Å². The van der Waals surface area contributed by atoms with Crippen LogP contribution < -0.4 is 10.6 Å². The fourth-order valence-corrected chi connectivity index (χ4v) is 6.99. The Morgan fingerprint density at radius 3 is 2.78 bits per heavy atom. The predicted molar refractivity (Wildman–Crippen MR) is 115 cm³/mol. The fourth-order valence-electron chi connectivity index (χ4n) is 4.25. The van der Waals surface area contributed by atoms with Crippen LogP contribution >= 0.6 is 11.3 Å². The number of halogens is 3. The summed E-state index contributed by atoms with van der Waals surface area (Å²) in [5.74, 6) is -0.456. The van der Waals surface area contributed by atoms with Crippen molar-refractivity contribution >= 4 is 27.3 Å². The Morgan fingerprint density at radius 1 is 1.25 bits per heavy atom. The van der Waals surface area contributed by atoms with E-state index < -0.39 is 27.7 Å². The summed E-state index contributed by atoms with van der Waals surface area (Å²) in [5.41, 5.74) is -0.257. The first kappa shape index (κ1) is 23.2. The summed E-state index contributed by atoms with van der Waals surface area (Å²) >= 11 is 1.04. The van der Waals surface area contributed by atoms with Crippen LogP contribution in [-0.4, -0.2) is 44.3 Å². The molecule has 0 radical (unpaired) electrons. The Bertz CT molecular complexity index is 1090. The van der Waals surface area contributed by atoms with E-state index in [-0.39, 0.29) is 40.9 Å². The molecule has 0 spiro atoms. The highest BCUT2D eigenvalue weighted by Crippen LogP contribution is 2.37. The zero-order chi connectivity index (χ0) is 22.9. The molecule has 3 heterocycles. The Kier molecular flexibility index (Phi) is 6.62. The number of benzene rings is 1. The molecule has 0 bridgehead atoms. The van der Waals surface area contributed by atoms with E-state index >= 15 is 0 Å². The van der Waals surface area contributed by atoms with Gasteiger partial charge in [-0.25, -0.2) is 8.42 Å². The summed E-state index contributed by atoms with van der Waals surface area (Å²) in [5, 5.41) is 7.68. The molecule has 1 amide bonds. The van der Waals surface area contributed by atoms with Crippen LogP contribution in [0.15, 0.2) is 34.5 Å². The van der Waals surface area contributed by atoms with E-state index in [0.29, 0.717) is 12.1 Å². The number of rotatable bonds is 5. The van der Waals surface area contributed by atoms with Crippen LogP contribution in [0.1, 0.15) is 45.6 Å². The maximum Gasteiger partial charge on any atom is 0.416 e. The summed E-state index contributed by atoms with van der Waals surface area (Å²) in [7, 11) is -4.04. The molecule has 174 valence electrons. The number of carbonyl (C=O) groups is 1. The molecule has 1 saturated heterocycles. The zero-order valence-electron chi connectivity index (χ0n) is 17.2. The van der Waals surface area contributed by atoms with Crippen molar-refractivity contribution in [1.29, 1.82) is 0 Å². The third-order valence-corrected chi connectivity index (χ3v) is 8.84. The number of sulfonamides is 1. The first-order valence-corrected chi connectivity index (χ1v) is 12.8. The number of thiophene rings is 1. The maximum absolute atomic E-state index is 13.3. The van der Waals surface area contributed by atoms with E-state index in [9.17, 15) is 26.4 Å². The van der Waals surface area contributed by atoms with Crippen LogP contribution in [0.5, 0.6) is 0 Å². The highest BCUT2D eigenvalue weighted by molar-refractivity contribution is 7.89. The van der Waals surface area contributed by atoms with Gasteiger partial charge in [-0.1, -0.05) is 18.6 Å². The Morgan fingerprint density at radius 2 is 2.06 bits per heavy atom. The van der Waals surface area contributed by atoms with Crippen LogP contribution in [-0.2, 0) is 29.2 Å². The van der Waals surface area contributed by atoms with Crippen LogP contribution in [0, 0.1) is 0 Å². The second-order valence-electron chi connectivity index (χ2n) is 8.00.